The highest BCUT2D eigenvalue weighted by atomic mass is 32.1. The minimum Gasteiger partial charge on any atom is -0.422 e. The van der Waals surface area contributed by atoms with Crippen LogP contribution in [0.5, 0.6) is 0 Å². The zero-order valence-corrected chi connectivity index (χ0v) is 15.0. The van der Waals surface area contributed by atoms with Crippen LogP contribution in [0, 0.1) is 6.92 Å². The first-order valence-corrected chi connectivity index (χ1v) is 9.13. The van der Waals surface area contributed by atoms with Crippen molar-refractivity contribution in [2.24, 2.45) is 0 Å². The Labute approximate surface area is 144 Å². The van der Waals surface area contributed by atoms with Gasteiger partial charge in [0.25, 0.3) is 5.91 Å². The van der Waals surface area contributed by atoms with Gasteiger partial charge < -0.3 is 9.32 Å². The topological polar surface area (TPSA) is 50.5 Å². The van der Waals surface area contributed by atoms with E-state index in [9.17, 15) is 9.59 Å². The molecule has 1 aromatic carbocycles. The Morgan fingerprint density at radius 2 is 2.00 bits per heavy atom. The quantitative estimate of drug-likeness (QED) is 0.637. The molecule has 0 aliphatic heterocycles. The van der Waals surface area contributed by atoms with Crippen LogP contribution in [0.1, 0.15) is 41.9 Å². The number of carbonyl (C=O) groups is 1. The van der Waals surface area contributed by atoms with Gasteiger partial charge in [-0.05, 0) is 38.5 Å². The van der Waals surface area contributed by atoms with E-state index in [1.54, 1.807) is 6.07 Å². The second-order valence-electron chi connectivity index (χ2n) is 5.98. The molecular weight excluding hydrogens is 322 g/mol. The van der Waals surface area contributed by atoms with Crippen molar-refractivity contribution < 1.29 is 9.21 Å². The molecule has 0 saturated heterocycles. The summed E-state index contributed by atoms with van der Waals surface area (Å²) < 4.78 is 6.23. The molecule has 0 fully saturated rings. The van der Waals surface area contributed by atoms with Crippen molar-refractivity contribution in [3.8, 4) is 0 Å². The van der Waals surface area contributed by atoms with Crippen LogP contribution < -0.4 is 5.63 Å². The van der Waals surface area contributed by atoms with Gasteiger partial charge in [-0.1, -0.05) is 25.0 Å². The lowest BCUT2D eigenvalue weighted by Crippen LogP contribution is -2.31. The zero-order chi connectivity index (χ0) is 17.3. The van der Waals surface area contributed by atoms with Gasteiger partial charge >= 0.3 is 5.63 Å². The summed E-state index contributed by atoms with van der Waals surface area (Å²) in [5.74, 6) is -0.00708. The first-order chi connectivity index (χ1) is 11.5. The van der Waals surface area contributed by atoms with Gasteiger partial charge in [-0.15, -0.1) is 11.3 Å². The van der Waals surface area contributed by atoms with Crippen LogP contribution in [-0.2, 0) is 0 Å². The van der Waals surface area contributed by atoms with Crippen molar-refractivity contribution in [3.63, 3.8) is 0 Å². The normalized spacial score (nSPS) is 11.3. The molecule has 126 valence electrons. The van der Waals surface area contributed by atoms with E-state index in [1.807, 2.05) is 36.9 Å². The lowest BCUT2D eigenvalue weighted by atomic mass is 10.1. The van der Waals surface area contributed by atoms with Gasteiger partial charge in [0.05, 0.1) is 15.0 Å². The molecule has 4 nitrogen and oxygen atoms in total. The molecule has 0 atom stereocenters. The van der Waals surface area contributed by atoms with Crippen LogP contribution in [-0.4, -0.2) is 23.9 Å². The van der Waals surface area contributed by atoms with E-state index in [0.717, 1.165) is 35.0 Å². The highest BCUT2D eigenvalue weighted by Gasteiger charge is 2.19. The van der Waals surface area contributed by atoms with Gasteiger partial charge in [-0.3, -0.25) is 4.79 Å². The van der Waals surface area contributed by atoms with Crippen LogP contribution in [0.15, 0.2) is 33.5 Å². The van der Waals surface area contributed by atoms with Crippen molar-refractivity contribution in [1.29, 1.82) is 0 Å². The molecule has 3 aromatic rings. The van der Waals surface area contributed by atoms with E-state index in [-0.39, 0.29) is 11.5 Å². The highest BCUT2D eigenvalue weighted by molar-refractivity contribution is 7.21. The van der Waals surface area contributed by atoms with Gasteiger partial charge in [-0.2, -0.15) is 0 Å². The Bertz CT molecular complexity index is 954. The molecule has 2 heterocycles. The summed E-state index contributed by atoms with van der Waals surface area (Å²) in [6.45, 7) is 7.50. The minimum atomic E-state index is -0.381. The number of fused-ring (bicyclic) bond motifs is 3. The van der Waals surface area contributed by atoms with Gasteiger partial charge in [0, 0.05) is 18.5 Å². The van der Waals surface area contributed by atoms with Gasteiger partial charge in [0.2, 0.25) is 0 Å². The fourth-order valence-corrected chi connectivity index (χ4v) is 3.96. The number of aryl methyl sites for hydroxylation is 1. The number of amides is 1. The number of hydrogen-bond acceptors (Lipinski definition) is 4. The van der Waals surface area contributed by atoms with E-state index in [2.05, 4.69) is 6.92 Å². The summed E-state index contributed by atoms with van der Waals surface area (Å²) in [5.41, 5.74) is 1.28. The molecule has 0 N–H and O–H groups in total. The maximum absolute atomic E-state index is 12.8. The molecule has 0 saturated carbocycles. The molecule has 0 aliphatic carbocycles. The third-order valence-electron chi connectivity index (χ3n) is 4.20. The first kappa shape index (κ1) is 16.7. The van der Waals surface area contributed by atoms with Crippen molar-refractivity contribution in [2.45, 2.75) is 33.6 Å². The molecule has 0 unspecified atom stereocenters. The average Bonchev–Trinajstić information content (AvgIpc) is 3.02. The first-order valence-electron chi connectivity index (χ1n) is 8.31. The fourth-order valence-electron chi connectivity index (χ4n) is 2.82. The molecule has 5 heteroatoms. The van der Waals surface area contributed by atoms with Crippen molar-refractivity contribution in [3.05, 3.63) is 45.1 Å². The lowest BCUT2D eigenvalue weighted by molar-refractivity contribution is 0.0767. The predicted molar refractivity (Wildman–Crippen MR) is 99.1 cm³/mol. The summed E-state index contributed by atoms with van der Waals surface area (Å²) in [7, 11) is 0. The predicted octanol–water partition coefficient (Wildman–Crippen LogP) is 4.58. The SMILES string of the molecule is CCCCN(CC)C(=O)c1cc2c(=O)oc3ccc(C)cc3c2s1. The molecule has 24 heavy (non-hydrogen) atoms. The number of nitrogens with zero attached hydrogens (tertiary/aromatic N) is 1. The van der Waals surface area contributed by atoms with Gasteiger partial charge in [-0.25, -0.2) is 4.79 Å². The number of rotatable bonds is 5. The highest BCUT2D eigenvalue weighted by Crippen LogP contribution is 2.31. The fraction of sp³-hybridized carbons (Fsp3) is 0.368. The van der Waals surface area contributed by atoms with Gasteiger partial charge in [0.1, 0.15) is 5.58 Å². The standard InChI is InChI=1S/C19H21NO3S/c1-4-6-9-20(5-2)18(21)16-11-14-17(24-16)13-10-12(3)7-8-15(13)23-19(14)22/h7-8,10-11H,4-6,9H2,1-3H3. The van der Waals surface area contributed by atoms with Crippen LogP contribution in [0.2, 0.25) is 0 Å². The molecule has 2 aromatic heterocycles. The van der Waals surface area contributed by atoms with Crippen molar-refractivity contribution in [1.82, 2.24) is 4.90 Å². The smallest absolute Gasteiger partial charge is 0.345 e. The Morgan fingerprint density at radius 1 is 1.21 bits per heavy atom. The molecule has 1 amide bonds. The van der Waals surface area contributed by atoms with E-state index in [1.165, 1.54) is 11.3 Å². The third kappa shape index (κ3) is 2.96. The molecule has 0 spiro atoms. The molecular formula is C19H21NO3S. The molecule has 0 aliphatic rings. The van der Waals surface area contributed by atoms with Crippen molar-refractivity contribution >= 4 is 38.3 Å². The zero-order valence-electron chi connectivity index (χ0n) is 14.2. The summed E-state index contributed by atoms with van der Waals surface area (Å²) in [5, 5.41) is 1.39. The summed E-state index contributed by atoms with van der Waals surface area (Å²) in [4.78, 5) is 27.4. The Hall–Kier alpha value is -2.14. The van der Waals surface area contributed by atoms with Crippen LogP contribution in [0.25, 0.3) is 21.1 Å². The number of thiophene rings is 1. The second kappa shape index (κ2) is 6.77. The largest absolute Gasteiger partial charge is 0.422 e. The molecule has 0 radical (unpaired) electrons. The second-order valence-corrected chi connectivity index (χ2v) is 7.03. The van der Waals surface area contributed by atoms with E-state index < -0.39 is 0 Å². The number of hydrogen-bond donors (Lipinski definition) is 0. The minimum absolute atomic E-state index is 0.00708. The Balaban J connectivity index is 2.12. The molecule has 0 bridgehead atoms. The monoisotopic (exact) mass is 343 g/mol. The van der Waals surface area contributed by atoms with E-state index in [0.29, 0.717) is 22.4 Å². The molecule has 3 rings (SSSR count). The number of carbonyl (C=O) groups excluding carboxylic acids is 1. The van der Waals surface area contributed by atoms with Crippen LogP contribution in [0.3, 0.4) is 0 Å². The maximum atomic E-state index is 12.8. The van der Waals surface area contributed by atoms with Crippen LogP contribution >= 0.6 is 11.3 Å². The summed E-state index contributed by atoms with van der Waals surface area (Å²) in [6, 6.07) is 7.41. The summed E-state index contributed by atoms with van der Waals surface area (Å²) in [6.07, 6.45) is 2.03. The van der Waals surface area contributed by atoms with Gasteiger partial charge in [0.15, 0.2) is 0 Å². The average molecular weight is 343 g/mol. The summed E-state index contributed by atoms with van der Waals surface area (Å²) >= 11 is 1.38. The van der Waals surface area contributed by atoms with E-state index >= 15 is 0 Å². The lowest BCUT2D eigenvalue weighted by Gasteiger charge is -2.19. The Kier molecular flexibility index (Phi) is 4.71. The van der Waals surface area contributed by atoms with E-state index in [4.69, 9.17) is 4.42 Å². The van der Waals surface area contributed by atoms with Crippen molar-refractivity contribution in [2.75, 3.05) is 13.1 Å². The maximum Gasteiger partial charge on any atom is 0.345 e. The van der Waals surface area contributed by atoms with Crippen LogP contribution in [0.4, 0.5) is 0 Å². The number of unbranched alkanes of at least 4 members (excludes halogenated alkanes) is 1. The number of benzene rings is 1. The third-order valence-corrected chi connectivity index (χ3v) is 5.35. The Morgan fingerprint density at radius 3 is 2.71 bits per heavy atom.